The summed E-state index contributed by atoms with van der Waals surface area (Å²) < 4.78 is 1.78. The van der Waals surface area contributed by atoms with E-state index in [4.69, 9.17) is 0 Å². The summed E-state index contributed by atoms with van der Waals surface area (Å²) in [6, 6.07) is 0.408. The smallest absolute Gasteiger partial charge is 0.293 e. The second-order valence-corrected chi connectivity index (χ2v) is 6.50. The van der Waals surface area contributed by atoms with Crippen LogP contribution in [0.4, 0.5) is 5.82 Å². The van der Waals surface area contributed by atoms with Crippen molar-refractivity contribution in [3.8, 4) is 0 Å². The predicted octanol–water partition coefficient (Wildman–Crippen LogP) is 2.82. The number of rotatable bonds is 4. The van der Waals surface area contributed by atoms with Crippen LogP contribution < -0.4 is 10.9 Å². The van der Waals surface area contributed by atoms with E-state index < -0.39 is 0 Å². The minimum Gasteiger partial charge on any atom is -0.358 e. The molecular formula is C14H18N4OS. The first-order chi connectivity index (χ1) is 9.56. The van der Waals surface area contributed by atoms with Crippen LogP contribution in [-0.2, 0) is 0 Å². The Bertz CT molecular complexity index is 687. The molecule has 0 aromatic carbocycles. The third kappa shape index (κ3) is 2.47. The summed E-state index contributed by atoms with van der Waals surface area (Å²) in [7, 11) is 0. The summed E-state index contributed by atoms with van der Waals surface area (Å²) in [6.07, 6.45) is 5.65. The molecule has 5 nitrogen and oxygen atoms in total. The van der Waals surface area contributed by atoms with Gasteiger partial charge in [0.15, 0.2) is 5.82 Å². The molecule has 2 aromatic rings. The maximum Gasteiger partial charge on any atom is 0.293 e. The zero-order valence-corrected chi connectivity index (χ0v) is 12.7. The van der Waals surface area contributed by atoms with Gasteiger partial charge >= 0.3 is 0 Å². The Hall–Kier alpha value is -1.69. The second kappa shape index (κ2) is 5.01. The number of aromatic nitrogens is 3. The van der Waals surface area contributed by atoms with Crippen molar-refractivity contribution in [1.82, 2.24) is 14.5 Å². The average Bonchev–Trinajstić information content (AvgIpc) is 3.17. The Balaban J connectivity index is 1.86. The van der Waals surface area contributed by atoms with Gasteiger partial charge in [0, 0.05) is 23.3 Å². The molecule has 3 rings (SSSR count). The Morgan fingerprint density at radius 1 is 1.45 bits per heavy atom. The molecular weight excluding hydrogens is 272 g/mol. The van der Waals surface area contributed by atoms with Crippen LogP contribution in [-0.4, -0.2) is 14.5 Å². The van der Waals surface area contributed by atoms with Crippen LogP contribution in [0.25, 0.3) is 0 Å². The third-order valence-corrected chi connectivity index (χ3v) is 4.75. The molecule has 0 spiro atoms. The van der Waals surface area contributed by atoms with E-state index in [1.165, 1.54) is 0 Å². The molecule has 1 atom stereocenters. The molecule has 106 valence electrons. The van der Waals surface area contributed by atoms with Gasteiger partial charge in [0.05, 0.1) is 16.7 Å². The van der Waals surface area contributed by atoms with Crippen LogP contribution in [0, 0.1) is 13.8 Å². The Kier molecular flexibility index (Phi) is 3.33. The lowest BCUT2D eigenvalue weighted by Crippen LogP contribution is -2.24. The van der Waals surface area contributed by atoms with Gasteiger partial charge in [-0.25, -0.2) is 9.97 Å². The van der Waals surface area contributed by atoms with E-state index in [-0.39, 0.29) is 11.6 Å². The van der Waals surface area contributed by atoms with Crippen LogP contribution >= 0.6 is 11.3 Å². The Morgan fingerprint density at radius 3 is 2.80 bits per heavy atom. The minimum atomic E-state index is -0.0271. The molecule has 6 heteroatoms. The zero-order chi connectivity index (χ0) is 14.3. The lowest BCUT2D eigenvalue weighted by molar-refractivity contribution is 0.696. The van der Waals surface area contributed by atoms with Gasteiger partial charge in [0.1, 0.15) is 0 Å². The molecule has 1 aliphatic rings. The summed E-state index contributed by atoms with van der Waals surface area (Å²) in [4.78, 5) is 22.1. The molecule has 1 N–H and O–H groups in total. The van der Waals surface area contributed by atoms with Crippen molar-refractivity contribution < 1.29 is 0 Å². The van der Waals surface area contributed by atoms with Crippen LogP contribution in [0.15, 0.2) is 17.2 Å². The molecule has 0 aliphatic heterocycles. The van der Waals surface area contributed by atoms with Crippen LogP contribution in [0.3, 0.4) is 0 Å². The fraction of sp³-hybridized carbons (Fsp3) is 0.500. The van der Waals surface area contributed by atoms with Gasteiger partial charge in [-0.15, -0.1) is 11.3 Å². The van der Waals surface area contributed by atoms with Crippen molar-refractivity contribution in [2.24, 2.45) is 0 Å². The van der Waals surface area contributed by atoms with Crippen LogP contribution in [0.5, 0.6) is 0 Å². The van der Waals surface area contributed by atoms with Crippen LogP contribution in [0.2, 0.25) is 0 Å². The first kappa shape index (κ1) is 13.3. The van der Waals surface area contributed by atoms with Gasteiger partial charge in [-0.1, -0.05) is 0 Å². The molecule has 0 saturated heterocycles. The number of nitrogens with one attached hydrogen (secondary N) is 1. The average molecular weight is 290 g/mol. The van der Waals surface area contributed by atoms with Gasteiger partial charge in [0.2, 0.25) is 0 Å². The quantitative estimate of drug-likeness (QED) is 0.940. The maximum absolute atomic E-state index is 12.3. The fourth-order valence-corrected chi connectivity index (χ4v) is 3.31. The summed E-state index contributed by atoms with van der Waals surface area (Å²) in [5.74, 6) is 0.428. The summed E-state index contributed by atoms with van der Waals surface area (Å²) in [5.41, 5.74) is 0.992. The molecule has 1 unspecified atom stereocenters. The monoisotopic (exact) mass is 290 g/mol. The summed E-state index contributed by atoms with van der Waals surface area (Å²) in [5, 5.41) is 4.27. The van der Waals surface area contributed by atoms with Crippen molar-refractivity contribution >= 4 is 17.2 Å². The first-order valence-corrected chi connectivity index (χ1v) is 7.65. The molecule has 0 radical (unpaired) electrons. The normalized spacial score (nSPS) is 16.1. The number of thiazole rings is 1. The predicted molar refractivity (Wildman–Crippen MR) is 80.4 cm³/mol. The van der Waals surface area contributed by atoms with Crippen LogP contribution in [0.1, 0.15) is 47.4 Å². The molecule has 20 heavy (non-hydrogen) atoms. The highest BCUT2D eigenvalue weighted by molar-refractivity contribution is 7.11. The largest absolute Gasteiger partial charge is 0.358 e. The second-order valence-electron chi connectivity index (χ2n) is 5.27. The Morgan fingerprint density at radius 2 is 2.20 bits per heavy atom. The van der Waals surface area contributed by atoms with Crippen molar-refractivity contribution in [3.63, 3.8) is 0 Å². The van der Waals surface area contributed by atoms with Gasteiger partial charge < -0.3 is 9.88 Å². The van der Waals surface area contributed by atoms with E-state index in [2.05, 4.69) is 15.3 Å². The molecule has 2 heterocycles. The number of nitrogens with zero attached hydrogens (tertiary/aromatic N) is 3. The molecule has 0 bridgehead atoms. The number of anilines is 1. The molecule has 0 amide bonds. The van der Waals surface area contributed by atoms with Crippen molar-refractivity contribution in [2.45, 2.75) is 45.7 Å². The van der Waals surface area contributed by atoms with E-state index in [9.17, 15) is 4.79 Å². The van der Waals surface area contributed by atoms with E-state index in [0.29, 0.717) is 11.9 Å². The van der Waals surface area contributed by atoms with E-state index in [1.54, 1.807) is 28.3 Å². The van der Waals surface area contributed by atoms with E-state index in [1.807, 2.05) is 20.8 Å². The highest BCUT2D eigenvalue weighted by Gasteiger charge is 2.25. The van der Waals surface area contributed by atoms with Gasteiger partial charge in [-0.3, -0.25) is 4.79 Å². The lowest BCUT2D eigenvalue weighted by Gasteiger charge is -2.14. The topological polar surface area (TPSA) is 59.8 Å². The van der Waals surface area contributed by atoms with Gasteiger partial charge in [0.25, 0.3) is 5.56 Å². The highest BCUT2D eigenvalue weighted by atomic mass is 32.1. The van der Waals surface area contributed by atoms with Gasteiger partial charge in [-0.05, 0) is 33.6 Å². The zero-order valence-electron chi connectivity index (χ0n) is 11.9. The Labute approximate surface area is 121 Å². The summed E-state index contributed by atoms with van der Waals surface area (Å²) >= 11 is 1.66. The van der Waals surface area contributed by atoms with Gasteiger partial charge in [-0.2, -0.15) is 0 Å². The third-order valence-electron chi connectivity index (χ3n) is 3.49. The summed E-state index contributed by atoms with van der Waals surface area (Å²) in [6.45, 7) is 6.03. The standard InChI is InChI=1S/C14H18N4OS/c1-8-12(20-10(3)16-8)9(2)17-13-14(19)18(7-6-15-13)11-4-5-11/h6-7,9,11H,4-5H2,1-3H3,(H,15,17). The van der Waals surface area contributed by atoms with E-state index >= 15 is 0 Å². The SMILES string of the molecule is Cc1nc(C)c(C(C)Nc2nccn(C3CC3)c2=O)s1. The number of hydrogen-bond donors (Lipinski definition) is 1. The minimum absolute atomic E-state index is 0.0271. The van der Waals surface area contributed by atoms with Crippen molar-refractivity contribution in [1.29, 1.82) is 0 Å². The number of hydrogen-bond acceptors (Lipinski definition) is 5. The maximum atomic E-state index is 12.3. The highest BCUT2D eigenvalue weighted by Crippen LogP contribution is 2.33. The number of aryl methyl sites for hydroxylation is 2. The van der Waals surface area contributed by atoms with Crippen molar-refractivity contribution in [3.05, 3.63) is 38.3 Å². The fourth-order valence-electron chi connectivity index (χ4n) is 2.38. The molecule has 1 fully saturated rings. The first-order valence-electron chi connectivity index (χ1n) is 6.84. The molecule has 1 aliphatic carbocycles. The lowest BCUT2D eigenvalue weighted by atomic mass is 10.2. The molecule has 1 saturated carbocycles. The van der Waals surface area contributed by atoms with Crippen molar-refractivity contribution in [2.75, 3.05) is 5.32 Å². The van der Waals surface area contributed by atoms with E-state index in [0.717, 1.165) is 28.4 Å². The molecule has 2 aromatic heterocycles.